The molecule has 0 radical (unpaired) electrons. The fourth-order valence-electron chi connectivity index (χ4n) is 4.67. The molecule has 1 aliphatic rings. The molecule has 11 nitrogen and oxygen atoms in total. The van der Waals surface area contributed by atoms with E-state index in [0.29, 0.717) is 52.7 Å². The highest BCUT2D eigenvalue weighted by Gasteiger charge is 2.36. The predicted octanol–water partition coefficient (Wildman–Crippen LogP) is 6.91. The molecule has 12 heteroatoms. The van der Waals surface area contributed by atoms with E-state index in [4.69, 9.17) is 21.1 Å². The predicted molar refractivity (Wildman–Crippen MR) is 167 cm³/mol. The van der Waals surface area contributed by atoms with Gasteiger partial charge in [0.05, 0.1) is 21.2 Å². The average molecular weight is 615 g/mol. The summed E-state index contributed by atoms with van der Waals surface area (Å²) >= 11 is 6.47. The first kappa shape index (κ1) is 30.5. The first-order valence-electron chi connectivity index (χ1n) is 13.9. The van der Waals surface area contributed by atoms with E-state index < -0.39 is 22.0 Å². The number of hydrogen-bond donors (Lipinski definition) is 1. The topological polar surface area (TPSA) is 133 Å². The average Bonchev–Trinajstić information content (AvgIpc) is 3.37. The van der Waals surface area contributed by atoms with Crippen LogP contribution in [0.4, 0.5) is 22.0 Å². The van der Waals surface area contributed by atoms with Crippen LogP contribution in [-0.2, 0) is 11.3 Å². The van der Waals surface area contributed by atoms with Gasteiger partial charge in [0.15, 0.2) is 0 Å². The van der Waals surface area contributed by atoms with Gasteiger partial charge in [-0.15, -0.1) is 0 Å². The Bertz CT molecular complexity index is 1780. The van der Waals surface area contributed by atoms with Gasteiger partial charge in [-0.25, -0.2) is 14.8 Å². The normalized spacial score (nSPS) is 16.2. The molecule has 1 N–H and O–H groups in total. The minimum atomic E-state index is -0.604. The summed E-state index contributed by atoms with van der Waals surface area (Å²) in [6.45, 7) is 8.49. The van der Waals surface area contributed by atoms with Gasteiger partial charge in [0.2, 0.25) is 0 Å². The van der Waals surface area contributed by atoms with Gasteiger partial charge in [0.25, 0.3) is 5.69 Å². The van der Waals surface area contributed by atoms with E-state index in [2.05, 4.69) is 32.1 Å². The van der Waals surface area contributed by atoms with Gasteiger partial charge in [-0.2, -0.15) is 0 Å². The highest BCUT2D eigenvalue weighted by molar-refractivity contribution is 6.32. The summed E-state index contributed by atoms with van der Waals surface area (Å²) in [5, 5.41) is 16.1. The van der Waals surface area contributed by atoms with E-state index in [-0.39, 0.29) is 17.9 Å². The molecule has 1 amide bonds. The van der Waals surface area contributed by atoms with Gasteiger partial charge in [0.1, 0.15) is 35.7 Å². The number of benzene rings is 2. The van der Waals surface area contributed by atoms with E-state index in [1.54, 1.807) is 35.4 Å². The van der Waals surface area contributed by atoms with Crippen molar-refractivity contribution in [1.82, 2.24) is 19.9 Å². The minimum Gasteiger partial charge on any atom is -0.486 e. The second-order valence-corrected chi connectivity index (χ2v) is 12.1. The fourth-order valence-corrected chi connectivity index (χ4v) is 4.91. The number of nitrogens with zero attached hydrogens (tertiary/aromatic N) is 5. The number of rotatable bonds is 6. The molecule has 1 fully saturated rings. The van der Waals surface area contributed by atoms with Crippen LogP contribution in [0.15, 0.2) is 61.1 Å². The zero-order chi connectivity index (χ0) is 31.5. The molecule has 44 heavy (non-hydrogen) atoms. The smallest absolute Gasteiger partial charge is 0.410 e. The summed E-state index contributed by atoms with van der Waals surface area (Å²) in [7, 11) is 0. The lowest BCUT2D eigenvalue weighted by Crippen LogP contribution is -2.36. The van der Waals surface area contributed by atoms with Crippen LogP contribution >= 0.6 is 11.6 Å². The molecule has 5 rings (SSSR count). The Morgan fingerprint density at radius 2 is 2.00 bits per heavy atom. The molecule has 0 saturated carbocycles. The molecule has 4 aromatic rings. The molecule has 1 saturated heterocycles. The molecule has 226 valence electrons. The van der Waals surface area contributed by atoms with E-state index in [9.17, 15) is 14.9 Å². The Balaban J connectivity index is 1.36. The molecule has 3 heterocycles. The van der Waals surface area contributed by atoms with Crippen LogP contribution in [0, 0.1) is 27.4 Å². The summed E-state index contributed by atoms with van der Waals surface area (Å²) in [4.78, 5) is 38.7. The van der Waals surface area contributed by atoms with Crippen LogP contribution in [-0.4, -0.2) is 49.6 Å². The van der Waals surface area contributed by atoms with Crippen LogP contribution in [0.1, 0.15) is 45.4 Å². The number of likely N-dealkylation sites (tertiary alicyclic amines) is 1. The SMILES string of the molecule is CC(C)(C)OC(=O)N1CC[C@@](C)(C#Cc2cc3ncnc(Nc4ccc(OCc5ccccn5)c(Cl)c4)c3cc2[N+](=O)[O-])C1. The summed E-state index contributed by atoms with van der Waals surface area (Å²) in [5.74, 6) is 7.02. The van der Waals surface area contributed by atoms with Gasteiger partial charge in [0, 0.05) is 41.8 Å². The summed E-state index contributed by atoms with van der Waals surface area (Å²) in [5.41, 5.74) is 0.745. The van der Waals surface area contributed by atoms with E-state index in [1.165, 1.54) is 12.4 Å². The summed E-state index contributed by atoms with van der Waals surface area (Å²) < 4.78 is 11.3. The van der Waals surface area contributed by atoms with Crippen LogP contribution in [0.3, 0.4) is 0 Å². The van der Waals surface area contributed by atoms with Crippen molar-refractivity contribution >= 4 is 45.8 Å². The maximum absolute atomic E-state index is 12.5. The number of nitro benzene ring substituents is 1. The molecular formula is C32H31ClN6O5. The standard InChI is InChI=1S/C32H31ClN6O5/c1-31(2,3)44-30(40)38-14-12-32(4,19-38)11-10-21-15-26-24(17-27(21)39(41)42)29(36-20-35-26)37-22-8-9-28(25(33)16-22)43-18-23-7-5-6-13-34-23/h5-9,13,15-17,20H,12,14,18-19H2,1-4H3,(H,35,36,37)/t32-/m1/s1. The first-order valence-corrected chi connectivity index (χ1v) is 14.3. The number of aromatic nitrogens is 3. The van der Waals surface area contributed by atoms with Crippen molar-refractivity contribution < 1.29 is 19.2 Å². The van der Waals surface area contributed by atoms with Crippen molar-refractivity contribution in [2.24, 2.45) is 5.41 Å². The van der Waals surface area contributed by atoms with Crippen molar-refractivity contribution in [3.05, 3.63) is 87.4 Å². The lowest BCUT2D eigenvalue weighted by Gasteiger charge is -2.25. The van der Waals surface area contributed by atoms with Crippen LogP contribution in [0.2, 0.25) is 5.02 Å². The number of anilines is 2. The Hall–Kier alpha value is -4.95. The van der Waals surface area contributed by atoms with Crippen molar-refractivity contribution in [3.8, 4) is 17.6 Å². The molecule has 1 aliphatic heterocycles. The Labute approximate surface area is 259 Å². The summed E-state index contributed by atoms with van der Waals surface area (Å²) in [6, 6.07) is 13.7. The largest absolute Gasteiger partial charge is 0.486 e. The molecule has 0 aliphatic carbocycles. The second kappa shape index (κ2) is 12.3. The Morgan fingerprint density at radius 3 is 2.70 bits per heavy atom. The monoisotopic (exact) mass is 614 g/mol. The van der Waals surface area contributed by atoms with E-state index in [1.807, 2.05) is 45.9 Å². The molecule has 0 unspecified atom stereocenters. The zero-order valence-corrected chi connectivity index (χ0v) is 25.5. The fraction of sp³-hybridized carbons (Fsp3) is 0.312. The minimum absolute atomic E-state index is 0.176. The molecular weight excluding hydrogens is 584 g/mol. The van der Waals surface area contributed by atoms with Gasteiger partial charge >= 0.3 is 6.09 Å². The highest BCUT2D eigenvalue weighted by Crippen LogP contribution is 2.34. The van der Waals surface area contributed by atoms with Crippen LogP contribution < -0.4 is 10.1 Å². The number of nitrogens with one attached hydrogen (secondary N) is 1. The van der Waals surface area contributed by atoms with Crippen molar-refractivity contribution in [3.63, 3.8) is 0 Å². The van der Waals surface area contributed by atoms with Crippen molar-refractivity contribution in [1.29, 1.82) is 0 Å². The number of carbonyl (C=O) groups is 1. The van der Waals surface area contributed by atoms with Gasteiger partial charge < -0.3 is 19.7 Å². The van der Waals surface area contributed by atoms with Crippen molar-refractivity contribution in [2.45, 2.75) is 46.3 Å². The molecule has 0 bridgehead atoms. The maximum Gasteiger partial charge on any atom is 0.410 e. The Kier molecular flexibility index (Phi) is 8.56. The number of hydrogen-bond acceptors (Lipinski definition) is 9. The number of fused-ring (bicyclic) bond motifs is 1. The van der Waals surface area contributed by atoms with Gasteiger partial charge in [-0.05, 0) is 70.5 Å². The first-order chi connectivity index (χ1) is 20.9. The van der Waals surface area contributed by atoms with Gasteiger partial charge in [-0.1, -0.05) is 29.5 Å². The number of pyridine rings is 1. The van der Waals surface area contributed by atoms with E-state index >= 15 is 0 Å². The molecule has 2 aromatic heterocycles. The quantitative estimate of drug-likeness (QED) is 0.140. The van der Waals surface area contributed by atoms with Crippen LogP contribution in [0.5, 0.6) is 5.75 Å². The van der Waals surface area contributed by atoms with Crippen molar-refractivity contribution in [2.75, 3.05) is 18.4 Å². The molecule has 2 aromatic carbocycles. The number of nitro groups is 1. The Morgan fingerprint density at radius 1 is 1.18 bits per heavy atom. The number of carbonyl (C=O) groups excluding carboxylic acids is 1. The lowest BCUT2D eigenvalue weighted by atomic mass is 9.90. The number of halogens is 1. The third-order valence-electron chi connectivity index (χ3n) is 6.87. The van der Waals surface area contributed by atoms with Crippen LogP contribution in [0.25, 0.3) is 10.9 Å². The third kappa shape index (κ3) is 7.33. The zero-order valence-electron chi connectivity index (χ0n) is 24.8. The second-order valence-electron chi connectivity index (χ2n) is 11.7. The number of amides is 1. The third-order valence-corrected chi connectivity index (χ3v) is 7.17. The van der Waals surface area contributed by atoms with Gasteiger partial charge in [-0.3, -0.25) is 15.1 Å². The molecule has 1 atom stereocenters. The lowest BCUT2D eigenvalue weighted by molar-refractivity contribution is -0.385. The highest BCUT2D eigenvalue weighted by atomic mass is 35.5. The molecule has 0 spiro atoms. The summed E-state index contributed by atoms with van der Waals surface area (Å²) in [6.07, 6.45) is 3.28. The number of ether oxygens (including phenoxy) is 2. The maximum atomic E-state index is 12.5. The van der Waals surface area contributed by atoms with E-state index in [0.717, 1.165) is 5.69 Å².